The van der Waals surface area contributed by atoms with E-state index in [2.05, 4.69) is 4.98 Å². The molecule has 4 atom stereocenters. The van der Waals surface area contributed by atoms with Crippen LogP contribution in [0.1, 0.15) is 18.7 Å². The fraction of sp³-hybridized carbons (Fsp3) is 0.636. The second-order valence-electron chi connectivity index (χ2n) is 4.40. The zero-order valence-corrected chi connectivity index (χ0v) is 11.1. The first-order chi connectivity index (χ1) is 8.99. The number of aromatic amines is 1. The molecular weight excluding hydrogens is 272 g/mol. The van der Waals surface area contributed by atoms with Gasteiger partial charge in [0.1, 0.15) is 23.0 Å². The van der Waals surface area contributed by atoms with Crippen LogP contribution in [0.2, 0.25) is 0 Å². The van der Waals surface area contributed by atoms with Crippen LogP contribution in [0.25, 0.3) is 0 Å². The van der Waals surface area contributed by atoms with Gasteiger partial charge in [-0.1, -0.05) is 19.1 Å². The van der Waals surface area contributed by atoms with Gasteiger partial charge < -0.3 is 20.1 Å². The quantitative estimate of drug-likeness (QED) is 0.536. The monoisotopic (exact) mass is 288 g/mol. The molecule has 0 spiro atoms. The summed E-state index contributed by atoms with van der Waals surface area (Å²) in [7, 11) is 0. The Morgan fingerprint density at radius 2 is 2.16 bits per heavy atom. The van der Waals surface area contributed by atoms with Crippen LogP contribution in [0, 0.1) is 4.64 Å². The van der Waals surface area contributed by atoms with Gasteiger partial charge in [0.05, 0.1) is 6.61 Å². The van der Waals surface area contributed by atoms with Gasteiger partial charge in [0.2, 0.25) is 0 Å². The number of hydrogen-bond donors (Lipinski definition) is 4. The van der Waals surface area contributed by atoms with Crippen molar-refractivity contribution in [3.05, 3.63) is 26.9 Å². The standard InChI is InChI=1S/C11H16N2O5S/c1-2-5-3-13(11(17)12-9(5)19)10-8(16)7(15)6(4-14)18-10/h3,6-8,10,14-16H,2,4H2,1H3,(H,12,17,19)/t6-,7?,8?,10-/m0/s1. The molecule has 0 aliphatic carbocycles. The molecule has 1 aliphatic rings. The molecule has 0 radical (unpaired) electrons. The van der Waals surface area contributed by atoms with Gasteiger partial charge in [-0.2, -0.15) is 0 Å². The van der Waals surface area contributed by atoms with Gasteiger partial charge in [0.15, 0.2) is 6.23 Å². The van der Waals surface area contributed by atoms with E-state index in [1.165, 1.54) is 6.20 Å². The molecular formula is C11H16N2O5S. The molecule has 2 heterocycles. The SMILES string of the molecule is CCc1cn([C@H]2O[C@@H](CO)C(O)C2O)c(=O)[nH]c1=S. The van der Waals surface area contributed by atoms with Crippen LogP contribution in [-0.4, -0.2) is 49.8 Å². The summed E-state index contributed by atoms with van der Waals surface area (Å²) in [6.45, 7) is 1.44. The molecule has 0 aromatic carbocycles. The highest BCUT2D eigenvalue weighted by Gasteiger charge is 2.43. The van der Waals surface area contributed by atoms with Gasteiger partial charge in [-0.15, -0.1) is 0 Å². The molecule has 7 nitrogen and oxygen atoms in total. The summed E-state index contributed by atoms with van der Waals surface area (Å²) in [4.78, 5) is 14.3. The number of H-pyrrole nitrogens is 1. The summed E-state index contributed by atoms with van der Waals surface area (Å²) in [5, 5.41) is 28.6. The highest BCUT2D eigenvalue weighted by molar-refractivity contribution is 7.71. The smallest absolute Gasteiger partial charge is 0.328 e. The lowest BCUT2D eigenvalue weighted by molar-refractivity contribution is -0.0551. The number of aliphatic hydroxyl groups is 3. The van der Waals surface area contributed by atoms with Crippen LogP contribution in [-0.2, 0) is 11.2 Å². The topological polar surface area (TPSA) is 108 Å². The Labute approximate surface area is 114 Å². The van der Waals surface area contributed by atoms with Crippen molar-refractivity contribution in [3.8, 4) is 0 Å². The maximum absolute atomic E-state index is 11.8. The average molecular weight is 288 g/mol. The van der Waals surface area contributed by atoms with E-state index in [1.54, 1.807) is 0 Å². The van der Waals surface area contributed by atoms with Gasteiger partial charge in [0, 0.05) is 11.8 Å². The third-order valence-corrected chi connectivity index (χ3v) is 3.58. The molecule has 2 rings (SSSR count). The third kappa shape index (κ3) is 2.49. The zero-order valence-electron chi connectivity index (χ0n) is 10.3. The van der Waals surface area contributed by atoms with Crippen molar-refractivity contribution in [2.45, 2.75) is 37.9 Å². The van der Waals surface area contributed by atoms with Crippen LogP contribution >= 0.6 is 12.2 Å². The first-order valence-electron chi connectivity index (χ1n) is 5.96. The van der Waals surface area contributed by atoms with Gasteiger partial charge in [-0.25, -0.2) is 4.79 Å². The second kappa shape index (κ2) is 5.51. The maximum Gasteiger partial charge on any atom is 0.328 e. The minimum absolute atomic E-state index is 0.343. The van der Waals surface area contributed by atoms with Crippen molar-refractivity contribution in [2.75, 3.05) is 6.61 Å². The summed E-state index contributed by atoms with van der Waals surface area (Å²) in [5.74, 6) is 0. The molecule has 1 aromatic heterocycles. The number of nitrogens with zero attached hydrogens (tertiary/aromatic N) is 1. The lowest BCUT2D eigenvalue weighted by atomic mass is 10.1. The molecule has 106 valence electrons. The summed E-state index contributed by atoms with van der Waals surface area (Å²) in [6.07, 6.45) is -2.37. The van der Waals surface area contributed by atoms with Crippen molar-refractivity contribution in [2.24, 2.45) is 0 Å². The Balaban J connectivity index is 2.43. The molecule has 1 aliphatic heterocycles. The predicted molar refractivity (Wildman–Crippen MR) is 68.3 cm³/mol. The first-order valence-corrected chi connectivity index (χ1v) is 6.37. The Bertz CT molecular complexity index is 569. The number of aryl methyl sites for hydroxylation is 1. The third-order valence-electron chi connectivity index (χ3n) is 3.21. The molecule has 1 fully saturated rings. The second-order valence-corrected chi connectivity index (χ2v) is 4.81. The van der Waals surface area contributed by atoms with Gasteiger partial charge in [0.25, 0.3) is 0 Å². The van der Waals surface area contributed by atoms with Gasteiger partial charge in [-0.3, -0.25) is 9.55 Å². The number of nitrogens with one attached hydrogen (secondary N) is 1. The van der Waals surface area contributed by atoms with E-state index in [0.29, 0.717) is 11.1 Å². The molecule has 1 aromatic rings. The fourth-order valence-corrected chi connectivity index (χ4v) is 2.36. The molecule has 19 heavy (non-hydrogen) atoms. The van der Waals surface area contributed by atoms with E-state index in [1.807, 2.05) is 6.92 Å². The van der Waals surface area contributed by atoms with Crippen molar-refractivity contribution >= 4 is 12.2 Å². The minimum Gasteiger partial charge on any atom is -0.394 e. The Hall–Kier alpha value is -1.06. The highest BCUT2D eigenvalue weighted by Crippen LogP contribution is 2.28. The van der Waals surface area contributed by atoms with Crippen molar-refractivity contribution in [1.82, 2.24) is 9.55 Å². The normalized spacial score (nSPS) is 30.7. The number of ether oxygens (including phenoxy) is 1. The first kappa shape index (κ1) is 14.4. The molecule has 8 heteroatoms. The summed E-state index contributed by atoms with van der Waals surface area (Å²) in [5.41, 5.74) is 0.198. The fourth-order valence-electron chi connectivity index (χ4n) is 2.08. The molecule has 1 saturated heterocycles. The minimum atomic E-state index is -1.29. The highest BCUT2D eigenvalue weighted by atomic mass is 32.1. The summed E-state index contributed by atoms with van der Waals surface area (Å²) >= 11 is 5.01. The van der Waals surface area contributed by atoms with Gasteiger partial charge >= 0.3 is 5.69 Å². The van der Waals surface area contributed by atoms with E-state index in [4.69, 9.17) is 22.1 Å². The summed E-state index contributed by atoms with van der Waals surface area (Å²) < 4.78 is 6.79. The van der Waals surface area contributed by atoms with Crippen molar-refractivity contribution in [3.63, 3.8) is 0 Å². The van der Waals surface area contributed by atoms with Crippen LogP contribution in [0.3, 0.4) is 0 Å². The number of rotatable bonds is 3. The van der Waals surface area contributed by atoms with E-state index in [-0.39, 0.29) is 0 Å². The van der Waals surface area contributed by atoms with E-state index >= 15 is 0 Å². The van der Waals surface area contributed by atoms with Crippen LogP contribution in [0.15, 0.2) is 11.0 Å². The molecule has 2 unspecified atom stereocenters. The Morgan fingerprint density at radius 3 is 2.68 bits per heavy atom. The number of hydrogen-bond acceptors (Lipinski definition) is 6. The Kier molecular flexibility index (Phi) is 4.16. The lowest BCUT2D eigenvalue weighted by Crippen LogP contribution is -2.36. The van der Waals surface area contributed by atoms with E-state index in [9.17, 15) is 15.0 Å². The average Bonchev–Trinajstić information content (AvgIpc) is 2.67. The van der Waals surface area contributed by atoms with Crippen LogP contribution in [0.4, 0.5) is 0 Å². The van der Waals surface area contributed by atoms with Gasteiger partial charge in [-0.05, 0) is 6.42 Å². The molecule has 0 bridgehead atoms. The largest absolute Gasteiger partial charge is 0.394 e. The van der Waals surface area contributed by atoms with Crippen molar-refractivity contribution < 1.29 is 20.1 Å². The molecule has 0 saturated carbocycles. The van der Waals surface area contributed by atoms with E-state index < -0.39 is 36.8 Å². The van der Waals surface area contributed by atoms with Crippen LogP contribution in [0.5, 0.6) is 0 Å². The van der Waals surface area contributed by atoms with E-state index in [0.717, 1.165) is 10.1 Å². The summed E-state index contributed by atoms with van der Waals surface area (Å²) in [6, 6.07) is 0. The maximum atomic E-state index is 11.8. The van der Waals surface area contributed by atoms with Crippen LogP contribution < -0.4 is 5.69 Å². The molecule has 0 amide bonds. The Morgan fingerprint density at radius 1 is 1.47 bits per heavy atom. The zero-order chi connectivity index (χ0) is 14.2. The van der Waals surface area contributed by atoms with Crippen molar-refractivity contribution in [1.29, 1.82) is 0 Å². The number of aliphatic hydroxyl groups excluding tert-OH is 3. The predicted octanol–water partition coefficient (Wildman–Crippen LogP) is -0.920. The lowest BCUT2D eigenvalue weighted by Gasteiger charge is -2.18. The number of aromatic nitrogens is 2. The molecule has 4 N–H and O–H groups in total.